The fourth-order valence-corrected chi connectivity index (χ4v) is 6.65. The van der Waals surface area contributed by atoms with Gasteiger partial charge in [0.05, 0.1) is 39.4 Å². The number of halogens is 2. The Balaban J connectivity index is 0.927. The van der Waals surface area contributed by atoms with E-state index in [0.717, 1.165) is 47.2 Å². The van der Waals surface area contributed by atoms with Crippen LogP contribution in [0.3, 0.4) is 0 Å². The Labute approximate surface area is 267 Å². The summed E-state index contributed by atoms with van der Waals surface area (Å²) >= 11 is 0. The van der Waals surface area contributed by atoms with Gasteiger partial charge in [-0.3, -0.25) is 0 Å². The van der Waals surface area contributed by atoms with Crippen LogP contribution in [-0.4, -0.2) is 86.9 Å². The molecule has 4 atom stereocenters. The number of benzene rings is 2. The lowest BCUT2D eigenvalue weighted by Crippen LogP contribution is -2.45. The van der Waals surface area contributed by atoms with Gasteiger partial charge in [0.25, 0.3) is 0 Å². The summed E-state index contributed by atoms with van der Waals surface area (Å²) in [6.07, 6.45) is 4.49. The summed E-state index contributed by atoms with van der Waals surface area (Å²) in [6.45, 7) is 6.50. The first-order valence-corrected chi connectivity index (χ1v) is 16.0. The number of fused-ring (bicyclic) bond motifs is 2. The number of carbonyl (C=O) groups is 2. The van der Waals surface area contributed by atoms with E-state index in [1.807, 2.05) is 0 Å². The van der Waals surface area contributed by atoms with Crippen LogP contribution < -0.4 is 9.47 Å². The molecule has 0 saturated carbocycles. The first kappa shape index (κ1) is 32.4. The lowest BCUT2D eigenvalue weighted by molar-refractivity contribution is -0.214. The molecule has 4 unspecified atom stereocenters. The van der Waals surface area contributed by atoms with Crippen molar-refractivity contribution in [2.75, 3.05) is 52.6 Å². The second kappa shape index (κ2) is 14.5. The number of ether oxygens (including phenoxy) is 4. The third-order valence-corrected chi connectivity index (χ3v) is 9.01. The molecule has 248 valence electrons. The van der Waals surface area contributed by atoms with Gasteiger partial charge in [-0.2, -0.15) is 0 Å². The molecule has 0 radical (unpaired) electrons. The van der Waals surface area contributed by atoms with Gasteiger partial charge >= 0.3 is 11.9 Å². The predicted molar refractivity (Wildman–Crippen MR) is 161 cm³/mol. The first-order valence-electron chi connectivity index (χ1n) is 16.0. The van der Waals surface area contributed by atoms with Crippen LogP contribution in [0.25, 0.3) is 0 Å². The summed E-state index contributed by atoms with van der Waals surface area (Å²) in [4.78, 5) is 35.7. The zero-order valence-corrected chi connectivity index (χ0v) is 26.2. The molecule has 2 aliphatic heterocycles. The van der Waals surface area contributed by atoms with Gasteiger partial charge in [-0.15, -0.1) is 10.1 Å². The molecule has 2 aliphatic carbocycles. The summed E-state index contributed by atoms with van der Waals surface area (Å²) in [5.41, 5.74) is 3.27. The molecule has 2 saturated heterocycles. The fourth-order valence-electron chi connectivity index (χ4n) is 6.65. The quantitative estimate of drug-likeness (QED) is 0.347. The summed E-state index contributed by atoms with van der Waals surface area (Å²) < 4.78 is 52.0. The van der Waals surface area contributed by atoms with E-state index in [4.69, 9.17) is 28.6 Å². The summed E-state index contributed by atoms with van der Waals surface area (Å²) in [6, 6.07) is 6.19. The number of hydroxylamine groups is 4. The predicted octanol–water partition coefficient (Wildman–Crippen LogP) is 4.40. The monoisotopic (exact) mass is 642 g/mol. The molecule has 6 rings (SSSR count). The molecular weight excluding hydrogens is 602 g/mol. The molecule has 0 bridgehead atoms. The second-order valence-electron chi connectivity index (χ2n) is 12.3. The van der Waals surface area contributed by atoms with E-state index in [9.17, 15) is 18.4 Å². The van der Waals surface area contributed by atoms with Crippen LogP contribution in [-0.2, 0) is 41.6 Å². The van der Waals surface area contributed by atoms with Crippen LogP contribution >= 0.6 is 0 Å². The Hall–Kier alpha value is -3.58. The average molecular weight is 643 g/mol. The lowest BCUT2D eigenvalue weighted by atomic mass is 10.0. The second-order valence-corrected chi connectivity index (χ2v) is 12.3. The van der Waals surface area contributed by atoms with E-state index in [-0.39, 0.29) is 62.0 Å². The molecule has 10 nitrogen and oxygen atoms in total. The zero-order valence-electron chi connectivity index (χ0n) is 26.2. The minimum Gasteiger partial charge on any atom is -0.491 e. The van der Waals surface area contributed by atoms with Crippen LogP contribution in [0.5, 0.6) is 11.5 Å². The van der Waals surface area contributed by atoms with Crippen molar-refractivity contribution in [1.82, 2.24) is 10.1 Å². The minimum atomic E-state index is -0.724. The maximum absolute atomic E-state index is 14.2. The molecule has 2 aromatic rings. The third-order valence-electron chi connectivity index (χ3n) is 9.01. The van der Waals surface area contributed by atoms with Crippen molar-refractivity contribution in [2.24, 2.45) is 0 Å². The number of hydrogen-bond acceptors (Lipinski definition) is 10. The van der Waals surface area contributed by atoms with Gasteiger partial charge in [0.1, 0.15) is 48.6 Å². The summed E-state index contributed by atoms with van der Waals surface area (Å²) in [5, 5.41) is 2.94. The molecule has 0 N–H and O–H groups in total. The van der Waals surface area contributed by atoms with Gasteiger partial charge in [-0.1, -0.05) is 13.8 Å². The Kier molecular flexibility index (Phi) is 10.2. The normalized spacial score (nSPS) is 24.9. The van der Waals surface area contributed by atoms with Gasteiger partial charge in [0.2, 0.25) is 0 Å². The third kappa shape index (κ3) is 7.52. The number of rotatable bonds is 10. The maximum Gasteiger partial charge on any atom is 0.349 e. The van der Waals surface area contributed by atoms with E-state index in [2.05, 4.69) is 13.8 Å². The molecule has 0 spiro atoms. The molecule has 46 heavy (non-hydrogen) atoms. The number of morpholine rings is 2. The van der Waals surface area contributed by atoms with Crippen LogP contribution in [0.2, 0.25) is 0 Å². The van der Waals surface area contributed by atoms with Crippen molar-refractivity contribution in [3.63, 3.8) is 0 Å². The van der Waals surface area contributed by atoms with E-state index in [0.29, 0.717) is 50.6 Å². The SMILES string of the molecule is CC1CCc2c(F)ccc(OCC3CN(OC(=O)/C=C/C(=O)ON4CCOC(COc5ccc(F)c6c5C(C)CC6)C4)CCO3)c21. The molecule has 0 aromatic heterocycles. The smallest absolute Gasteiger partial charge is 0.349 e. The maximum atomic E-state index is 14.2. The highest BCUT2D eigenvalue weighted by atomic mass is 19.1. The van der Waals surface area contributed by atoms with Crippen molar-refractivity contribution >= 4 is 11.9 Å². The topological polar surface area (TPSA) is 96.0 Å². The highest BCUT2D eigenvalue weighted by molar-refractivity contribution is 5.91. The molecule has 2 fully saturated rings. The molecule has 0 amide bonds. The zero-order chi connectivity index (χ0) is 32.2. The first-order chi connectivity index (χ1) is 22.2. The van der Waals surface area contributed by atoms with Crippen LogP contribution in [0.15, 0.2) is 36.4 Å². The van der Waals surface area contributed by atoms with Gasteiger partial charge in [0, 0.05) is 23.3 Å². The molecule has 2 aromatic carbocycles. The summed E-state index contributed by atoms with van der Waals surface area (Å²) in [7, 11) is 0. The van der Waals surface area contributed by atoms with Gasteiger partial charge < -0.3 is 28.6 Å². The number of carbonyl (C=O) groups excluding carboxylic acids is 2. The van der Waals surface area contributed by atoms with Crippen LogP contribution in [0.1, 0.15) is 60.8 Å². The standard InChI is InChI=1S/C34H40F2N2O8/c1-21-3-5-25-27(35)7-9-29(33(21)25)43-19-23-17-37(13-15-41-23)45-31(39)11-12-32(40)46-38-14-16-42-24(18-38)20-44-30-10-8-28(36)26-6-4-22(2)34(26)30/h7-12,21-24H,3-6,13-20H2,1-2H3/b12-11+. The van der Waals surface area contributed by atoms with E-state index in [1.165, 1.54) is 22.3 Å². The highest BCUT2D eigenvalue weighted by Gasteiger charge is 2.30. The van der Waals surface area contributed by atoms with Crippen molar-refractivity contribution in [3.8, 4) is 11.5 Å². The van der Waals surface area contributed by atoms with E-state index < -0.39 is 11.9 Å². The Morgan fingerprint density at radius 1 is 0.761 bits per heavy atom. The van der Waals surface area contributed by atoms with Crippen molar-refractivity contribution in [2.45, 2.75) is 63.6 Å². The summed E-state index contributed by atoms with van der Waals surface area (Å²) in [5.74, 6) is -0.0865. The molecule has 12 heteroatoms. The number of hydrogen-bond donors (Lipinski definition) is 0. The minimum absolute atomic E-state index is 0.199. The van der Waals surface area contributed by atoms with E-state index >= 15 is 0 Å². The van der Waals surface area contributed by atoms with Gasteiger partial charge in [0.15, 0.2) is 0 Å². The molecule has 2 heterocycles. The Bertz CT molecular complexity index is 1360. The molecular formula is C34H40F2N2O8. The highest BCUT2D eigenvalue weighted by Crippen LogP contribution is 2.41. The Morgan fingerprint density at radius 3 is 1.63 bits per heavy atom. The lowest BCUT2D eigenvalue weighted by Gasteiger charge is -2.31. The Morgan fingerprint density at radius 2 is 1.20 bits per heavy atom. The van der Waals surface area contributed by atoms with Crippen molar-refractivity contribution in [3.05, 3.63) is 70.3 Å². The van der Waals surface area contributed by atoms with Crippen LogP contribution in [0.4, 0.5) is 8.78 Å². The number of nitrogens with zero attached hydrogens (tertiary/aromatic N) is 2. The van der Waals surface area contributed by atoms with Gasteiger partial charge in [-0.05, 0) is 72.9 Å². The van der Waals surface area contributed by atoms with Gasteiger partial charge in [-0.25, -0.2) is 18.4 Å². The average Bonchev–Trinajstić information content (AvgIpc) is 3.64. The van der Waals surface area contributed by atoms with Crippen molar-refractivity contribution < 1.29 is 47.0 Å². The molecule has 4 aliphatic rings. The fraction of sp³-hybridized carbons (Fsp3) is 0.529. The largest absolute Gasteiger partial charge is 0.491 e. The van der Waals surface area contributed by atoms with Crippen molar-refractivity contribution in [1.29, 1.82) is 0 Å². The van der Waals surface area contributed by atoms with E-state index in [1.54, 1.807) is 12.1 Å². The van der Waals surface area contributed by atoms with Crippen LogP contribution in [0, 0.1) is 11.6 Å².